The van der Waals surface area contributed by atoms with Crippen molar-refractivity contribution in [3.63, 3.8) is 0 Å². The highest BCUT2D eigenvalue weighted by Gasteiger charge is 2.20. The van der Waals surface area contributed by atoms with Crippen molar-refractivity contribution in [1.29, 1.82) is 0 Å². The summed E-state index contributed by atoms with van der Waals surface area (Å²) in [5, 5.41) is 0.109. The van der Waals surface area contributed by atoms with Crippen molar-refractivity contribution in [2.75, 3.05) is 32.2 Å². The van der Waals surface area contributed by atoms with Crippen molar-refractivity contribution in [2.24, 2.45) is 0 Å². The zero-order valence-corrected chi connectivity index (χ0v) is 11.1. The highest BCUT2D eigenvalue weighted by molar-refractivity contribution is 6.30. The van der Waals surface area contributed by atoms with Crippen LogP contribution in [0.3, 0.4) is 0 Å². The highest BCUT2D eigenvalue weighted by atomic mass is 35.5. The van der Waals surface area contributed by atoms with Crippen LogP contribution in [0, 0.1) is 5.82 Å². The number of methoxy groups -OCH3 is 2. The van der Waals surface area contributed by atoms with Gasteiger partial charge in [0.2, 0.25) is 0 Å². The molecule has 0 N–H and O–H groups in total. The zero-order valence-electron chi connectivity index (χ0n) is 10.4. The van der Waals surface area contributed by atoms with Crippen molar-refractivity contribution < 1.29 is 23.5 Å². The fourth-order valence-corrected chi connectivity index (χ4v) is 1.43. The van der Waals surface area contributed by atoms with E-state index >= 15 is 0 Å². The van der Waals surface area contributed by atoms with Crippen LogP contribution in [-0.2, 0) is 19.1 Å². The van der Waals surface area contributed by atoms with Crippen LogP contribution in [-0.4, -0.2) is 44.2 Å². The molecule has 0 aliphatic carbocycles. The fraction of sp³-hybridized carbons (Fsp3) is 0.364. The molecule has 8 heteroatoms. The molecule has 104 valence electrons. The number of halogens is 2. The van der Waals surface area contributed by atoms with Gasteiger partial charge in [-0.05, 0) is 6.07 Å². The average molecular weight is 291 g/mol. The number of anilines is 1. The molecule has 0 saturated heterocycles. The number of ether oxygens (including phenoxy) is 2. The van der Waals surface area contributed by atoms with E-state index in [4.69, 9.17) is 11.6 Å². The standard InChI is InChI=1S/C11H12ClFN2O4/c1-18-9(16)5-15(6-10(17)19-2)11-8(13)3-7(12)4-14-11/h3-4H,5-6H2,1-2H3. The molecule has 0 aliphatic rings. The molecule has 0 fully saturated rings. The number of carbonyl (C=O) groups excluding carboxylic acids is 2. The fourth-order valence-electron chi connectivity index (χ4n) is 1.29. The summed E-state index contributed by atoms with van der Waals surface area (Å²) in [6.07, 6.45) is 1.21. The number of nitrogens with zero attached hydrogens (tertiary/aromatic N) is 2. The molecule has 0 spiro atoms. The molecule has 0 radical (unpaired) electrons. The van der Waals surface area contributed by atoms with Gasteiger partial charge in [0.1, 0.15) is 13.1 Å². The van der Waals surface area contributed by atoms with Gasteiger partial charge in [-0.25, -0.2) is 9.37 Å². The SMILES string of the molecule is COC(=O)CN(CC(=O)OC)c1ncc(Cl)cc1F. The van der Waals surface area contributed by atoms with Crippen LogP contribution in [0.5, 0.6) is 0 Å². The van der Waals surface area contributed by atoms with Crippen molar-refractivity contribution in [3.05, 3.63) is 23.1 Å². The van der Waals surface area contributed by atoms with Gasteiger partial charge in [0, 0.05) is 6.20 Å². The van der Waals surface area contributed by atoms with Gasteiger partial charge in [-0.1, -0.05) is 11.6 Å². The second-order valence-corrected chi connectivity index (χ2v) is 3.90. The van der Waals surface area contributed by atoms with Crippen LogP contribution in [0.15, 0.2) is 12.3 Å². The number of hydrogen-bond acceptors (Lipinski definition) is 6. The van der Waals surface area contributed by atoms with E-state index in [1.165, 1.54) is 20.4 Å². The minimum absolute atomic E-state index is 0.109. The number of esters is 2. The smallest absolute Gasteiger partial charge is 0.325 e. The van der Waals surface area contributed by atoms with Crippen LogP contribution in [0.2, 0.25) is 5.02 Å². The minimum atomic E-state index is -0.750. The van der Waals surface area contributed by atoms with E-state index in [1.54, 1.807) is 0 Å². The summed E-state index contributed by atoms with van der Waals surface area (Å²) in [6, 6.07) is 1.03. The Morgan fingerprint density at radius 1 is 1.32 bits per heavy atom. The average Bonchev–Trinajstić information content (AvgIpc) is 2.37. The van der Waals surface area contributed by atoms with E-state index < -0.39 is 17.8 Å². The van der Waals surface area contributed by atoms with E-state index in [2.05, 4.69) is 14.5 Å². The number of pyridine rings is 1. The minimum Gasteiger partial charge on any atom is -0.468 e. The molecule has 0 atom stereocenters. The van der Waals surface area contributed by atoms with E-state index in [-0.39, 0.29) is 23.9 Å². The van der Waals surface area contributed by atoms with Gasteiger partial charge < -0.3 is 14.4 Å². The Hall–Kier alpha value is -1.89. The number of carbonyl (C=O) groups is 2. The molecular weight excluding hydrogens is 279 g/mol. The lowest BCUT2D eigenvalue weighted by Gasteiger charge is -2.21. The molecular formula is C11H12ClFN2O4. The largest absolute Gasteiger partial charge is 0.468 e. The summed E-state index contributed by atoms with van der Waals surface area (Å²) >= 11 is 5.58. The maximum absolute atomic E-state index is 13.7. The Labute approximate surface area is 114 Å². The Bertz CT molecular complexity index is 466. The molecule has 0 bridgehead atoms. The first-order valence-corrected chi connectivity index (χ1v) is 5.55. The lowest BCUT2D eigenvalue weighted by Crippen LogP contribution is -2.36. The summed E-state index contributed by atoms with van der Waals surface area (Å²) in [4.78, 5) is 27.4. The topological polar surface area (TPSA) is 68.7 Å². The Morgan fingerprint density at radius 2 is 1.84 bits per heavy atom. The Kier molecular flexibility index (Phi) is 5.50. The summed E-state index contributed by atoms with van der Waals surface area (Å²) in [5.41, 5.74) is 0. The predicted molar refractivity (Wildman–Crippen MR) is 65.5 cm³/mol. The highest BCUT2D eigenvalue weighted by Crippen LogP contribution is 2.19. The van der Waals surface area contributed by atoms with E-state index in [9.17, 15) is 14.0 Å². The van der Waals surface area contributed by atoms with Crippen molar-refractivity contribution in [3.8, 4) is 0 Å². The summed E-state index contributed by atoms with van der Waals surface area (Å²) < 4.78 is 22.7. The normalized spacial score (nSPS) is 9.89. The molecule has 6 nitrogen and oxygen atoms in total. The number of rotatable bonds is 5. The quantitative estimate of drug-likeness (QED) is 0.754. The summed E-state index contributed by atoms with van der Waals surface area (Å²) in [7, 11) is 2.37. The van der Waals surface area contributed by atoms with Gasteiger partial charge in [-0.15, -0.1) is 0 Å². The predicted octanol–water partition coefficient (Wildman–Crippen LogP) is 1.03. The van der Waals surface area contributed by atoms with E-state index in [0.717, 1.165) is 11.0 Å². The third-order valence-corrected chi connectivity index (χ3v) is 2.39. The second kappa shape index (κ2) is 6.89. The van der Waals surface area contributed by atoms with E-state index in [0.29, 0.717) is 0 Å². The van der Waals surface area contributed by atoms with E-state index in [1.807, 2.05) is 0 Å². The van der Waals surface area contributed by atoms with Crippen LogP contribution in [0.1, 0.15) is 0 Å². The van der Waals surface area contributed by atoms with Gasteiger partial charge in [-0.2, -0.15) is 0 Å². The molecule has 1 aromatic rings. The molecule has 1 rings (SSSR count). The Balaban J connectivity index is 3.00. The third-order valence-electron chi connectivity index (χ3n) is 2.18. The first kappa shape index (κ1) is 15.2. The van der Waals surface area contributed by atoms with Crippen molar-refractivity contribution in [1.82, 2.24) is 4.98 Å². The summed E-state index contributed by atoms with van der Waals surface area (Å²) in [5.74, 6) is -2.21. The molecule has 1 heterocycles. The van der Waals surface area contributed by atoms with Gasteiger partial charge in [0.15, 0.2) is 11.6 Å². The molecule has 0 unspecified atom stereocenters. The first-order chi connectivity index (χ1) is 8.97. The van der Waals surface area contributed by atoms with Crippen molar-refractivity contribution >= 4 is 29.4 Å². The van der Waals surface area contributed by atoms with Gasteiger partial charge in [0.05, 0.1) is 19.2 Å². The van der Waals surface area contributed by atoms with Gasteiger partial charge in [-0.3, -0.25) is 9.59 Å². The van der Waals surface area contributed by atoms with Crippen LogP contribution < -0.4 is 4.90 Å². The third kappa shape index (κ3) is 4.36. The monoisotopic (exact) mass is 290 g/mol. The molecule has 0 saturated carbocycles. The molecule has 0 aliphatic heterocycles. The second-order valence-electron chi connectivity index (χ2n) is 3.47. The maximum Gasteiger partial charge on any atom is 0.325 e. The van der Waals surface area contributed by atoms with Crippen LogP contribution in [0.25, 0.3) is 0 Å². The van der Waals surface area contributed by atoms with Gasteiger partial charge in [0.25, 0.3) is 0 Å². The first-order valence-electron chi connectivity index (χ1n) is 5.17. The van der Waals surface area contributed by atoms with Crippen molar-refractivity contribution in [2.45, 2.75) is 0 Å². The van der Waals surface area contributed by atoms with Gasteiger partial charge >= 0.3 is 11.9 Å². The Morgan fingerprint density at radius 3 is 2.26 bits per heavy atom. The molecule has 19 heavy (non-hydrogen) atoms. The lowest BCUT2D eigenvalue weighted by molar-refractivity contribution is -0.140. The zero-order chi connectivity index (χ0) is 14.4. The molecule has 0 amide bonds. The number of hydrogen-bond donors (Lipinski definition) is 0. The summed E-state index contributed by atoms with van der Waals surface area (Å²) in [6.45, 7) is -0.672. The van der Waals surface area contributed by atoms with Crippen LogP contribution >= 0.6 is 11.6 Å². The number of aromatic nitrogens is 1. The molecule has 1 aromatic heterocycles. The lowest BCUT2D eigenvalue weighted by atomic mass is 10.3. The van der Waals surface area contributed by atoms with Crippen LogP contribution in [0.4, 0.5) is 10.2 Å². The maximum atomic E-state index is 13.7. The molecule has 0 aromatic carbocycles.